The van der Waals surface area contributed by atoms with E-state index in [2.05, 4.69) is 80.8 Å². The number of benzene rings is 2. The summed E-state index contributed by atoms with van der Waals surface area (Å²) in [5, 5.41) is 7.26. The van der Waals surface area contributed by atoms with E-state index in [0.29, 0.717) is 5.11 Å². The molecule has 3 heteroatoms. The third-order valence-corrected chi connectivity index (χ3v) is 3.79. The quantitative estimate of drug-likeness (QED) is 0.806. The molecule has 0 bridgehead atoms. The molecule has 0 aromatic heterocycles. The smallest absolute Gasteiger partial charge is 0.171 e. The number of hydrogen-bond donors (Lipinski definition) is 2. The predicted octanol–water partition coefficient (Wildman–Crippen LogP) is 4.66. The van der Waals surface area contributed by atoms with Crippen molar-refractivity contribution in [2.24, 2.45) is 0 Å². The van der Waals surface area contributed by atoms with Crippen molar-refractivity contribution < 1.29 is 0 Å². The van der Waals surface area contributed by atoms with Gasteiger partial charge in [-0.3, -0.25) is 0 Å². The lowest BCUT2D eigenvalue weighted by Gasteiger charge is -2.18. The molecule has 0 amide bonds. The highest BCUT2D eigenvalue weighted by atomic mass is 32.1. The molecule has 2 rings (SSSR count). The number of rotatable bonds is 3. The molecular formula is C18H22N2S. The van der Waals surface area contributed by atoms with Gasteiger partial charge < -0.3 is 10.6 Å². The van der Waals surface area contributed by atoms with Gasteiger partial charge in [-0.25, -0.2) is 0 Å². The van der Waals surface area contributed by atoms with E-state index in [0.717, 1.165) is 5.69 Å². The van der Waals surface area contributed by atoms with Gasteiger partial charge in [0.25, 0.3) is 0 Å². The van der Waals surface area contributed by atoms with Crippen molar-refractivity contribution >= 4 is 23.0 Å². The van der Waals surface area contributed by atoms with Crippen molar-refractivity contribution in [3.05, 3.63) is 64.7 Å². The average molecular weight is 298 g/mol. The Kier molecular flexibility index (Phi) is 4.97. The van der Waals surface area contributed by atoms with Crippen LogP contribution in [0.1, 0.15) is 35.2 Å². The number of hydrogen-bond acceptors (Lipinski definition) is 1. The Hall–Kier alpha value is -1.87. The van der Waals surface area contributed by atoms with Crippen LogP contribution >= 0.6 is 12.2 Å². The molecule has 2 N–H and O–H groups in total. The molecule has 0 saturated carbocycles. The van der Waals surface area contributed by atoms with Gasteiger partial charge in [0.1, 0.15) is 0 Å². The fourth-order valence-corrected chi connectivity index (χ4v) is 2.45. The van der Waals surface area contributed by atoms with E-state index < -0.39 is 0 Å². The van der Waals surface area contributed by atoms with Gasteiger partial charge in [0.05, 0.1) is 6.04 Å². The summed E-state index contributed by atoms with van der Waals surface area (Å²) in [6.45, 7) is 8.36. The van der Waals surface area contributed by atoms with Crippen LogP contribution in [0.4, 0.5) is 5.69 Å². The summed E-state index contributed by atoms with van der Waals surface area (Å²) >= 11 is 5.42. The molecule has 0 fully saturated rings. The van der Waals surface area contributed by atoms with E-state index in [-0.39, 0.29) is 6.04 Å². The second kappa shape index (κ2) is 6.72. The molecular weight excluding hydrogens is 276 g/mol. The van der Waals surface area contributed by atoms with Crippen molar-refractivity contribution in [2.45, 2.75) is 33.7 Å². The third kappa shape index (κ3) is 4.30. The lowest BCUT2D eigenvalue weighted by molar-refractivity contribution is 0.722. The Morgan fingerprint density at radius 1 is 0.952 bits per heavy atom. The molecule has 0 aliphatic rings. The number of aryl methyl sites for hydroxylation is 3. The Labute approximate surface area is 132 Å². The zero-order valence-corrected chi connectivity index (χ0v) is 13.8. The van der Waals surface area contributed by atoms with Crippen molar-refractivity contribution in [3.8, 4) is 0 Å². The highest BCUT2D eigenvalue weighted by molar-refractivity contribution is 7.80. The van der Waals surface area contributed by atoms with Crippen LogP contribution in [0.15, 0.2) is 42.5 Å². The van der Waals surface area contributed by atoms with Crippen LogP contribution in [0, 0.1) is 20.8 Å². The lowest BCUT2D eigenvalue weighted by atomic mass is 10.1. The summed E-state index contributed by atoms with van der Waals surface area (Å²) in [6.07, 6.45) is 0. The normalized spacial score (nSPS) is 11.8. The Morgan fingerprint density at radius 3 is 2.24 bits per heavy atom. The minimum atomic E-state index is 0.177. The SMILES string of the molecule is Cc1ccc(C(C)NC(=S)Nc2cc(C)ccc2C)cc1. The van der Waals surface area contributed by atoms with Crippen LogP contribution < -0.4 is 10.6 Å². The Balaban J connectivity index is 2.01. The molecule has 1 unspecified atom stereocenters. The second-order valence-electron chi connectivity index (χ2n) is 5.55. The van der Waals surface area contributed by atoms with Gasteiger partial charge >= 0.3 is 0 Å². The largest absolute Gasteiger partial charge is 0.356 e. The Morgan fingerprint density at radius 2 is 1.57 bits per heavy atom. The first-order valence-electron chi connectivity index (χ1n) is 7.17. The van der Waals surface area contributed by atoms with Crippen LogP contribution in [0.5, 0.6) is 0 Å². The number of nitrogens with one attached hydrogen (secondary N) is 2. The standard InChI is InChI=1S/C18H22N2S/c1-12-6-9-16(10-7-12)15(4)19-18(21)20-17-11-13(2)5-8-14(17)3/h5-11,15H,1-4H3,(H2,19,20,21). The summed E-state index contributed by atoms with van der Waals surface area (Å²) in [6, 6.07) is 15.0. The molecule has 110 valence electrons. The van der Waals surface area contributed by atoms with Crippen LogP contribution in [0.2, 0.25) is 0 Å². The Bertz CT molecular complexity index is 632. The van der Waals surface area contributed by atoms with Crippen LogP contribution in [0.3, 0.4) is 0 Å². The highest BCUT2D eigenvalue weighted by Gasteiger charge is 2.08. The first-order valence-corrected chi connectivity index (χ1v) is 7.58. The van der Waals surface area contributed by atoms with E-state index in [1.54, 1.807) is 0 Å². The molecule has 0 aliphatic heterocycles. The van der Waals surface area contributed by atoms with Gasteiger partial charge in [0, 0.05) is 5.69 Å². The maximum atomic E-state index is 5.42. The van der Waals surface area contributed by atoms with E-state index >= 15 is 0 Å². The summed E-state index contributed by atoms with van der Waals surface area (Å²) in [5.74, 6) is 0. The van der Waals surface area contributed by atoms with Crippen molar-refractivity contribution in [3.63, 3.8) is 0 Å². The minimum Gasteiger partial charge on any atom is -0.356 e. The van der Waals surface area contributed by atoms with E-state index in [9.17, 15) is 0 Å². The molecule has 0 saturated heterocycles. The molecule has 0 radical (unpaired) electrons. The minimum absolute atomic E-state index is 0.177. The van der Waals surface area contributed by atoms with Crippen molar-refractivity contribution in [1.82, 2.24) is 5.32 Å². The molecule has 2 aromatic rings. The van der Waals surface area contributed by atoms with E-state index in [1.165, 1.54) is 22.3 Å². The molecule has 21 heavy (non-hydrogen) atoms. The van der Waals surface area contributed by atoms with Crippen LogP contribution in [-0.2, 0) is 0 Å². The molecule has 0 heterocycles. The van der Waals surface area contributed by atoms with Gasteiger partial charge in [-0.15, -0.1) is 0 Å². The topological polar surface area (TPSA) is 24.1 Å². The maximum Gasteiger partial charge on any atom is 0.171 e. The zero-order chi connectivity index (χ0) is 15.4. The summed E-state index contributed by atoms with van der Waals surface area (Å²) in [7, 11) is 0. The average Bonchev–Trinajstić information content (AvgIpc) is 2.43. The third-order valence-electron chi connectivity index (χ3n) is 3.57. The van der Waals surface area contributed by atoms with Gasteiger partial charge in [-0.2, -0.15) is 0 Å². The highest BCUT2D eigenvalue weighted by Crippen LogP contribution is 2.17. The monoisotopic (exact) mass is 298 g/mol. The van der Waals surface area contributed by atoms with Crippen LogP contribution in [-0.4, -0.2) is 5.11 Å². The fourth-order valence-electron chi connectivity index (χ4n) is 2.16. The maximum absolute atomic E-state index is 5.42. The molecule has 2 nitrogen and oxygen atoms in total. The number of thiocarbonyl (C=S) groups is 1. The second-order valence-corrected chi connectivity index (χ2v) is 5.96. The first kappa shape index (κ1) is 15.5. The molecule has 0 aliphatic carbocycles. The molecule has 2 aromatic carbocycles. The first-order chi connectivity index (χ1) is 9.95. The summed E-state index contributed by atoms with van der Waals surface area (Å²) in [4.78, 5) is 0. The van der Waals surface area contributed by atoms with Gasteiger partial charge in [0.15, 0.2) is 5.11 Å². The van der Waals surface area contributed by atoms with E-state index in [1.807, 2.05) is 0 Å². The summed E-state index contributed by atoms with van der Waals surface area (Å²) < 4.78 is 0. The van der Waals surface area contributed by atoms with Gasteiger partial charge in [-0.05, 0) is 62.7 Å². The van der Waals surface area contributed by atoms with Crippen molar-refractivity contribution in [1.29, 1.82) is 0 Å². The fraction of sp³-hybridized carbons (Fsp3) is 0.278. The van der Waals surface area contributed by atoms with Gasteiger partial charge in [-0.1, -0.05) is 42.0 Å². The predicted molar refractivity (Wildman–Crippen MR) is 94.9 cm³/mol. The zero-order valence-electron chi connectivity index (χ0n) is 13.0. The molecule has 1 atom stereocenters. The van der Waals surface area contributed by atoms with Gasteiger partial charge in [0.2, 0.25) is 0 Å². The summed E-state index contributed by atoms with van der Waals surface area (Å²) in [5.41, 5.74) is 5.96. The van der Waals surface area contributed by atoms with Crippen LogP contribution in [0.25, 0.3) is 0 Å². The molecule has 0 spiro atoms. The number of anilines is 1. The van der Waals surface area contributed by atoms with E-state index in [4.69, 9.17) is 12.2 Å². The van der Waals surface area contributed by atoms with Crippen molar-refractivity contribution in [2.75, 3.05) is 5.32 Å². The lowest BCUT2D eigenvalue weighted by Crippen LogP contribution is -2.31.